The maximum Gasteiger partial charge on any atom is 0.319 e. The molecule has 2 aromatic carbocycles. The van der Waals surface area contributed by atoms with Gasteiger partial charge in [0.05, 0.1) is 30.7 Å². The van der Waals surface area contributed by atoms with Crippen LogP contribution in [0, 0.1) is 6.92 Å². The van der Waals surface area contributed by atoms with Crippen LogP contribution in [-0.2, 0) is 10.3 Å². The lowest BCUT2D eigenvalue weighted by atomic mass is 9.86. The molecule has 2 aliphatic rings. The molecule has 6 rings (SSSR count). The van der Waals surface area contributed by atoms with Crippen molar-refractivity contribution in [3.8, 4) is 23.3 Å². The Hall–Kier alpha value is -4.19. The molecule has 1 spiro atoms. The number of nitrogens with zero attached hydrogens (tertiary/aromatic N) is 5. The number of aliphatic hydroxyl groups is 1. The summed E-state index contributed by atoms with van der Waals surface area (Å²) in [5, 5.41) is 12.9. The third-order valence-electron chi connectivity index (χ3n) is 7.36. The monoisotopic (exact) mass is 608 g/mol. The SMILES string of the molecule is COc1nc(OCCO)ncc1-c1nc2c(n1C(C)C)C1(C(=O)Nc3cc(Cl)ccc31)N(c1cc(Cl)ccc1C)C2=O. The van der Waals surface area contributed by atoms with Gasteiger partial charge in [-0.25, -0.2) is 9.97 Å². The predicted molar refractivity (Wildman–Crippen MR) is 157 cm³/mol. The largest absolute Gasteiger partial charge is 0.480 e. The van der Waals surface area contributed by atoms with Crippen LogP contribution in [0.15, 0.2) is 42.6 Å². The number of imidazole rings is 1. The molecule has 11 nitrogen and oxygen atoms in total. The first-order valence-corrected chi connectivity index (χ1v) is 13.9. The Morgan fingerprint density at radius 3 is 2.55 bits per heavy atom. The fourth-order valence-corrected chi connectivity index (χ4v) is 6.03. The highest BCUT2D eigenvalue weighted by Gasteiger charge is 2.64. The van der Waals surface area contributed by atoms with E-state index < -0.39 is 17.4 Å². The van der Waals surface area contributed by atoms with Gasteiger partial charge in [-0.05, 0) is 50.6 Å². The number of nitrogens with one attached hydrogen (secondary N) is 1. The summed E-state index contributed by atoms with van der Waals surface area (Å²) >= 11 is 12.7. The molecule has 4 heterocycles. The Kier molecular flexibility index (Phi) is 6.83. The molecule has 1 unspecified atom stereocenters. The van der Waals surface area contributed by atoms with Gasteiger partial charge in [0.1, 0.15) is 12.4 Å². The first-order valence-electron chi connectivity index (χ1n) is 13.1. The van der Waals surface area contributed by atoms with Crippen molar-refractivity contribution in [1.82, 2.24) is 19.5 Å². The van der Waals surface area contributed by atoms with Gasteiger partial charge in [-0.1, -0.05) is 35.3 Å². The molecule has 13 heteroatoms. The van der Waals surface area contributed by atoms with Crippen molar-refractivity contribution >= 4 is 46.4 Å². The quantitative estimate of drug-likeness (QED) is 0.306. The first-order chi connectivity index (χ1) is 20.1. The van der Waals surface area contributed by atoms with E-state index in [1.165, 1.54) is 18.2 Å². The maximum atomic E-state index is 14.5. The Morgan fingerprint density at radius 1 is 1.10 bits per heavy atom. The Morgan fingerprint density at radius 2 is 1.83 bits per heavy atom. The zero-order valence-corrected chi connectivity index (χ0v) is 24.6. The third-order valence-corrected chi connectivity index (χ3v) is 7.83. The molecule has 2 N–H and O–H groups in total. The van der Waals surface area contributed by atoms with Crippen LogP contribution in [0.4, 0.5) is 11.4 Å². The van der Waals surface area contributed by atoms with E-state index in [2.05, 4.69) is 15.3 Å². The van der Waals surface area contributed by atoms with Crippen molar-refractivity contribution in [2.45, 2.75) is 32.4 Å². The average molecular weight is 609 g/mol. The third kappa shape index (κ3) is 3.95. The van der Waals surface area contributed by atoms with Crippen LogP contribution in [0.2, 0.25) is 10.0 Å². The van der Waals surface area contributed by atoms with Gasteiger partial charge in [0.15, 0.2) is 11.2 Å². The number of hydrogen-bond acceptors (Lipinski definition) is 8. The number of halogens is 2. The molecular formula is C29H26Cl2N6O5. The summed E-state index contributed by atoms with van der Waals surface area (Å²) < 4.78 is 12.8. The van der Waals surface area contributed by atoms with Gasteiger partial charge in [-0.2, -0.15) is 4.98 Å². The molecule has 0 bridgehead atoms. The summed E-state index contributed by atoms with van der Waals surface area (Å²) in [5.74, 6) is -0.422. The van der Waals surface area contributed by atoms with Gasteiger partial charge >= 0.3 is 6.01 Å². The second kappa shape index (κ2) is 10.3. The van der Waals surface area contributed by atoms with Crippen molar-refractivity contribution in [1.29, 1.82) is 0 Å². The minimum atomic E-state index is -1.63. The minimum Gasteiger partial charge on any atom is -0.480 e. The molecular weight excluding hydrogens is 583 g/mol. The van der Waals surface area contributed by atoms with E-state index in [4.69, 9.17) is 42.8 Å². The van der Waals surface area contributed by atoms with Crippen LogP contribution in [0.5, 0.6) is 11.9 Å². The second-order valence-electron chi connectivity index (χ2n) is 10.2. The number of fused-ring (bicyclic) bond motifs is 4. The van der Waals surface area contributed by atoms with Gasteiger partial charge in [-0.3, -0.25) is 14.5 Å². The number of hydrogen-bond donors (Lipinski definition) is 2. The number of aliphatic hydroxyl groups excluding tert-OH is 1. The zero-order valence-electron chi connectivity index (χ0n) is 23.1. The number of carbonyl (C=O) groups excluding carboxylic acids is 2. The molecule has 2 amide bonds. The Balaban J connectivity index is 1.67. The lowest BCUT2D eigenvalue weighted by molar-refractivity contribution is -0.119. The number of methoxy groups -OCH3 is 1. The second-order valence-corrected chi connectivity index (χ2v) is 11.0. The average Bonchev–Trinajstić information content (AvgIpc) is 3.57. The summed E-state index contributed by atoms with van der Waals surface area (Å²) in [6.07, 6.45) is 1.48. The number of aryl methyl sites for hydroxylation is 1. The van der Waals surface area contributed by atoms with Crippen molar-refractivity contribution in [3.63, 3.8) is 0 Å². The molecule has 0 radical (unpaired) electrons. The molecule has 0 saturated carbocycles. The number of rotatable bonds is 7. The van der Waals surface area contributed by atoms with Gasteiger partial charge < -0.3 is 24.5 Å². The molecule has 0 aliphatic carbocycles. The Bertz CT molecular complexity index is 1770. The highest BCUT2D eigenvalue weighted by atomic mass is 35.5. The van der Waals surface area contributed by atoms with E-state index in [0.29, 0.717) is 44.1 Å². The fraction of sp³-hybridized carbons (Fsp3) is 0.276. The summed E-state index contributed by atoms with van der Waals surface area (Å²) in [6.45, 7) is 5.51. The van der Waals surface area contributed by atoms with Crippen molar-refractivity contribution < 1.29 is 24.2 Å². The summed E-state index contributed by atoms with van der Waals surface area (Å²) in [6, 6.07) is 10.0. The number of aromatic nitrogens is 4. The van der Waals surface area contributed by atoms with Crippen LogP contribution in [0.25, 0.3) is 11.4 Å². The summed E-state index contributed by atoms with van der Waals surface area (Å²) in [7, 11) is 1.44. The first kappa shape index (κ1) is 28.0. The standard InChI is InChI=1S/C29H26Cl2N6O5/c1-14(2)36-23-22(34-24(36)18-13-32-28(42-10-9-38)35-25(18)41-4)26(39)37(21-12-17(31)6-5-15(21)3)29(23)19-8-7-16(30)11-20(19)33-27(29)40/h5-8,11-14,38H,9-10H2,1-4H3,(H,33,40). The number of anilines is 2. The number of ether oxygens (including phenoxy) is 2. The van der Waals surface area contributed by atoms with Crippen LogP contribution < -0.4 is 19.7 Å². The molecule has 2 aromatic heterocycles. The fourth-order valence-electron chi connectivity index (χ4n) is 5.69. The van der Waals surface area contributed by atoms with Gasteiger partial charge in [0.25, 0.3) is 11.8 Å². The molecule has 0 saturated heterocycles. The Labute approximate surface area is 251 Å². The predicted octanol–water partition coefficient (Wildman–Crippen LogP) is 4.77. The highest BCUT2D eigenvalue weighted by molar-refractivity contribution is 6.32. The molecule has 1 atom stereocenters. The van der Waals surface area contributed by atoms with Gasteiger partial charge in [0.2, 0.25) is 5.88 Å². The van der Waals surface area contributed by atoms with Crippen LogP contribution >= 0.6 is 23.2 Å². The molecule has 2 aliphatic heterocycles. The van der Waals surface area contributed by atoms with Crippen molar-refractivity contribution in [2.24, 2.45) is 0 Å². The topological polar surface area (TPSA) is 132 Å². The van der Waals surface area contributed by atoms with Crippen LogP contribution in [0.3, 0.4) is 0 Å². The number of amides is 2. The highest BCUT2D eigenvalue weighted by Crippen LogP contribution is 2.55. The lowest BCUT2D eigenvalue weighted by Crippen LogP contribution is -2.51. The zero-order chi connectivity index (χ0) is 29.9. The lowest BCUT2D eigenvalue weighted by Gasteiger charge is -2.36. The molecule has 4 aromatic rings. The van der Waals surface area contributed by atoms with Gasteiger partial charge in [0, 0.05) is 33.5 Å². The molecule has 0 fully saturated rings. The number of benzene rings is 2. The smallest absolute Gasteiger partial charge is 0.319 e. The molecule has 42 heavy (non-hydrogen) atoms. The van der Waals surface area contributed by atoms with E-state index in [0.717, 1.165) is 5.56 Å². The normalized spacial score (nSPS) is 17.2. The minimum absolute atomic E-state index is 0.00569. The van der Waals surface area contributed by atoms with Crippen LogP contribution in [-0.4, -0.2) is 56.8 Å². The van der Waals surface area contributed by atoms with E-state index in [9.17, 15) is 9.59 Å². The molecule has 216 valence electrons. The summed E-state index contributed by atoms with van der Waals surface area (Å²) in [5.41, 5.74) is 1.51. The summed E-state index contributed by atoms with van der Waals surface area (Å²) in [4.78, 5) is 43.7. The number of carbonyl (C=O) groups is 2. The van der Waals surface area contributed by atoms with E-state index in [1.54, 1.807) is 36.4 Å². The maximum absolute atomic E-state index is 14.5. The van der Waals surface area contributed by atoms with Crippen molar-refractivity contribution in [3.05, 3.63) is 75.2 Å². The van der Waals surface area contributed by atoms with E-state index >= 15 is 0 Å². The van der Waals surface area contributed by atoms with Crippen molar-refractivity contribution in [2.75, 3.05) is 30.5 Å². The van der Waals surface area contributed by atoms with Gasteiger partial charge in [-0.15, -0.1) is 0 Å². The van der Waals surface area contributed by atoms with Crippen LogP contribution in [0.1, 0.15) is 47.2 Å². The van der Waals surface area contributed by atoms with E-state index in [-0.39, 0.29) is 36.8 Å². The van der Waals surface area contributed by atoms with E-state index in [1.807, 2.05) is 25.3 Å².